The van der Waals surface area contributed by atoms with Gasteiger partial charge in [0.1, 0.15) is 17.7 Å². The molecular formula is C31H44N4O7. The second kappa shape index (κ2) is 15.9. The van der Waals surface area contributed by atoms with Gasteiger partial charge in [-0.2, -0.15) is 0 Å². The monoisotopic (exact) mass is 584 g/mol. The van der Waals surface area contributed by atoms with Crippen LogP contribution in [-0.2, 0) is 32.0 Å². The van der Waals surface area contributed by atoms with Gasteiger partial charge in [0, 0.05) is 5.92 Å². The van der Waals surface area contributed by atoms with Gasteiger partial charge in [0.25, 0.3) is 0 Å². The third kappa shape index (κ3) is 11.9. The van der Waals surface area contributed by atoms with Crippen molar-refractivity contribution in [1.29, 1.82) is 0 Å². The van der Waals surface area contributed by atoms with E-state index in [0.29, 0.717) is 0 Å². The molecule has 2 rings (SSSR count). The summed E-state index contributed by atoms with van der Waals surface area (Å²) in [6, 6.07) is 15.3. The molecule has 11 heteroatoms. The topological polar surface area (TPSA) is 180 Å². The lowest BCUT2D eigenvalue weighted by molar-refractivity contribution is -0.133. The molecule has 0 spiro atoms. The fourth-order valence-electron chi connectivity index (χ4n) is 4.35. The molecule has 0 fully saturated rings. The minimum atomic E-state index is -1.32. The molecule has 230 valence electrons. The first-order valence-corrected chi connectivity index (χ1v) is 14.0. The van der Waals surface area contributed by atoms with Crippen LogP contribution in [0.3, 0.4) is 0 Å². The molecule has 0 aliphatic carbocycles. The molecule has 0 aliphatic heterocycles. The number of carbonyl (C=O) groups excluding carboxylic acids is 4. The Bertz CT molecular complexity index is 1170. The molecule has 2 unspecified atom stereocenters. The van der Waals surface area contributed by atoms with Crippen LogP contribution in [0, 0.1) is 5.92 Å². The summed E-state index contributed by atoms with van der Waals surface area (Å²) in [5, 5.41) is 28.9. The Kier molecular flexibility index (Phi) is 12.9. The van der Waals surface area contributed by atoms with Crippen molar-refractivity contribution in [3.05, 3.63) is 71.8 Å². The number of primary amides is 1. The molecule has 0 aliphatic rings. The fourth-order valence-corrected chi connectivity index (χ4v) is 4.35. The van der Waals surface area contributed by atoms with Crippen molar-refractivity contribution in [3.63, 3.8) is 0 Å². The highest BCUT2D eigenvalue weighted by Gasteiger charge is 2.32. The van der Waals surface area contributed by atoms with Crippen LogP contribution < -0.4 is 21.7 Å². The fraction of sp³-hybridized carbons (Fsp3) is 0.484. The van der Waals surface area contributed by atoms with Crippen LogP contribution in [0.5, 0.6) is 0 Å². The van der Waals surface area contributed by atoms with Gasteiger partial charge in [0.05, 0.1) is 18.2 Å². The van der Waals surface area contributed by atoms with E-state index in [0.717, 1.165) is 11.1 Å². The first kappa shape index (κ1) is 34.2. The highest BCUT2D eigenvalue weighted by molar-refractivity contribution is 5.92. The quantitative estimate of drug-likeness (QED) is 0.195. The molecule has 4 amide bonds. The van der Waals surface area contributed by atoms with Gasteiger partial charge < -0.3 is 36.6 Å². The Morgan fingerprint density at radius 2 is 1.33 bits per heavy atom. The first-order chi connectivity index (χ1) is 19.7. The normalized spacial score (nSPS) is 15.7. The van der Waals surface area contributed by atoms with E-state index in [1.165, 1.54) is 13.8 Å². The highest BCUT2D eigenvalue weighted by Crippen LogP contribution is 2.20. The van der Waals surface area contributed by atoms with Crippen molar-refractivity contribution in [2.75, 3.05) is 0 Å². The number of benzene rings is 2. The second-order valence-electron chi connectivity index (χ2n) is 11.5. The number of nitrogens with two attached hydrogens (primary N) is 1. The molecule has 0 radical (unpaired) electrons. The maximum absolute atomic E-state index is 13.5. The molecule has 11 nitrogen and oxygen atoms in total. The zero-order valence-corrected chi connectivity index (χ0v) is 24.9. The number of hydrogen-bond donors (Lipinski definition) is 6. The lowest BCUT2D eigenvalue weighted by Gasteiger charge is -2.29. The number of ether oxygens (including phenoxy) is 1. The molecular weight excluding hydrogens is 540 g/mol. The van der Waals surface area contributed by atoms with Gasteiger partial charge in [0.2, 0.25) is 17.7 Å². The summed E-state index contributed by atoms with van der Waals surface area (Å²) in [7, 11) is 0. The predicted molar refractivity (Wildman–Crippen MR) is 158 cm³/mol. The Hall–Kier alpha value is -3.96. The number of aliphatic hydroxyl groups is 2. The van der Waals surface area contributed by atoms with Gasteiger partial charge in [-0.15, -0.1) is 0 Å². The van der Waals surface area contributed by atoms with Crippen LogP contribution >= 0.6 is 0 Å². The summed E-state index contributed by atoms with van der Waals surface area (Å²) in [5.41, 5.74) is 6.22. The van der Waals surface area contributed by atoms with Crippen molar-refractivity contribution in [2.45, 2.75) is 89.8 Å². The smallest absolute Gasteiger partial charge is 0.407 e. The van der Waals surface area contributed by atoms with E-state index in [1.54, 1.807) is 20.8 Å². The maximum atomic E-state index is 13.5. The second-order valence-corrected chi connectivity index (χ2v) is 11.5. The van der Waals surface area contributed by atoms with Crippen LogP contribution in [0.15, 0.2) is 60.7 Å². The van der Waals surface area contributed by atoms with Gasteiger partial charge in [-0.05, 0) is 65.0 Å². The van der Waals surface area contributed by atoms with Crippen LogP contribution in [-0.4, -0.2) is 70.0 Å². The third-order valence-corrected chi connectivity index (χ3v) is 6.53. The molecule has 42 heavy (non-hydrogen) atoms. The number of rotatable bonds is 14. The van der Waals surface area contributed by atoms with E-state index in [2.05, 4.69) is 16.0 Å². The Morgan fingerprint density at radius 1 is 0.810 bits per heavy atom. The van der Waals surface area contributed by atoms with Gasteiger partial charge >= 0.3 is 6.09 Å². The summed E-state index contributed by atoms with van der Waals surface area (Å²) in [4.78, 5) is 50.4. The molecule has 0 aromatic heterocycles. The largest absolute Gasteiger partial charge is 0.444 e. The minimum Gasteiger partial charge on any atom is -0.444 e. The Labute approximate surface area is 247 Å². The molecule has 7 N–H and O–H groups in total. The van der Waals surface area contributed by atoms with Crippen LogP contribution in [0.25, 0.3) is 0 Å². The van der Waals surface area contributed by atoms with Crippen LogP contribution in [0.2, 0.25) is 0 Å². The van der Waals surface area contributed by atoms with E-state index in [4.69, 9.17) is 10.5 Å². The van der Waals surface area contributed by atoms with Gasteiger partial charge in [-0.25, -0.2) is 4.79 Å². The third-order valence-electron chi connectivity index (χ3n) is 6.53. The van der Waals surface area contributed by atoms with E-state index in [-0.39, 0.29) is 19.3 Å². The average Bonchev–Trinajstić information content (AvgIpc) is 2.90. The Morgan fingerprint density at radius 3 is 1.81 bits per heavy atom. The van der Waals surface area contributed by atoms with Crippen molar-refractivity contribution in [2.24, 2.45) is 11.7 Å². The number of alkyl carbamates (subject to hydrolysis) is 1. The number of hydrogen-bond acceptors (Lipinski definition) is 7. The van der Waals surface area contributed by atoms with Crippen LogP contribution in [0.4, 0.5) is 4.79 Å². The summed E-state index contributed by atoms with van der Waals surface area (Å²) in [6.07, 6.45) is -2.59. The van der Waals surface area contributed by atoms with Gasteiger partial charge in [-0.1, -0.05) is 60.7 Å². The zero-order valence-electron chi connectivity index (χ0n) is 24.9. The number of aliphatic hydroxyl groups excluding tert-OH is 2. The predicted octanol–water partition coefficient (Wildman–Crippen LogP) is 1.59. The van der Waals surface area contributed by atoms with E-state index < -0.39 is 65.7 Å². The minimum absolute atomic E-state index is 0.0417. The molecule has 0 heterocycles. The summed E-state index contributed by atoms with van der Waals surface area (Å²) >= 11 is 0. The molecule has 2 aromatic carbocycles. The number of amides is 4. The van der Waals surface area contributed by atoms with E-state index >= 15 is 0 Å². The van der Waals surface area contributed by atoms with Gasteiger partial charge in [-0.3, -0.25) is 14.4 Å². The molecule has 0 saturated carbocycles. The van der Waals surface area contributed by atoms with Gasteiger partial charge in [0.15, 0.2) is 0 Å². The van der Waals surface area contributed by atoms with Crippen molar-refractivity contribution in [1.82, 2.24) is 16.0 Å². The summed E-state index contributed by atoms with van der Waals surface area (Å²) < 4.78 is 5.41. The van der Waals surface area contributed by atoms with Crippen LogP contribution in [0.1, 0.15) is 52.2 Å². The molecule has 6 atom stereocenters. The van der Waals surface area contributed by atoms with Crippen molar-refractivity contribution >= 4 is 23.8 Å². The lowest BCUT2D eigenvalue weighted by atomic mass is 9.88. The maximum Gasteiger partial charge on any atom is 0.407 e. The average molecular weight is 585 g/mol. The zero-order chi connectivity index (χ0) is 31.4. The van der Waals surface area contributed by atoms with Crippen molar-refractivity contribution < 1.29 is 34.1 Å². The Balaban J connectivity index is 2.25. The van der Waals surface area contributed by atoms with Crippen molar-refractivity contribution in [3.8, 4) is 0 Å². The molecule has 0 bridgehead atoms. The summed E-state index contributed by atoms with van der Waals surface area (Å²) in [6.45, 7) is 7.96. The standard InChI is InChI=1S/C31H44N4O7/c1-19(28(39)35-26(20(2)36)27(32)38)33-29(40)23(16-21-12-8-6-9-13-21)18-25(37)24(17-22-14-10-7-11-15-22)34-30(41)42-31(3,4)5/h6-15,19-20,23-26,36-37H,16-18H2,1-5H3,(H2,32,38)(H,33,40)(H,34,41)(H,35,39)/t19-,20?,23+,24-,25+,26?/m0/s1. The van der Waals surface area contributed by atoms with E-state index in [1.807, 2.05) is 60.7 Å². The number of nitrogens with one attached hydrogen (secondary N) is 3. The number of carbonyl (C=O) groups is 4. The molecule has 2 aromatic rings. The lowest BCUT2D eigenvalue weighted by Crippen LogP contribution is -2.56. The SMILES string of the molecule is CC(O)C(NC(=O)[C@H](C)NC(=O)[C@H](Cc1ccccc1)C[C@@H](O)[C@H](Cc1ccccc1)NC(=O)OC(C)(C)C)C(N)=O. The summed E-state index contributed by atoms with van der Waals surface area (Å²) in [5.74, 6) is -2.92. The molecule has 0 saturated heterocycles. The highest BCUT2D eigenvalue weighted by atomic mass is 16.6. The van der Waals surface area contributed by atoms with E-state index in [9.17, 15) is 29.4 Å². The first-order valence-electron chi connectivity index (χ1n) is 14.0.